The molecule has 0 aliphatic carbocycles. The summed E-state index contributed by atoms with van der Waals surface area (Å²) in [6, 6.07) is 0. The second kappa shape index (κ2) is 72.1. The topological polar surface area (TPSA) is 72.8 Å². The standard InChI is InChI=1S/C77H136O5/c1-3-5-7-9-11-13-15-17-19-21-23-25-27-29-31-32-33-34-35-36-37-38-39-40-41-42-43-44-46-47-49-51-53-55-57-59-61-63-65-67-69-71-76(79)81-74-75(73-78)82-77(80)72-70-68-66-64-62-60-58-56-54-52-50-48-45-30-28-26-24-22-20-18-16-14-12-10-8-6-4-2/h6,8,12,14-15,17-18,20-21,23-24,26-27,29-30,45,75,78H,3-5,7,9-11,13,16,19,22,25,28,31-44,46-74H2,1-2H3/b8-6-,14-12-,17-15-,20-18-,23-21-,26-24-,29-27-,45-30-. The fourth-order valence-electron chi connectivity index (χ4n) is 10.5. The number of hydrogen-bond acceptors (Lipinski definition) is 5. The number of rotatable bonds is 66. The van der Waals surface area contributed by atoms with Crippen LogP contribution in [0, 0.1) is 0 Å². The minimum atomic E-state index is -0.778. The van der Waals surface area contributed by atoms with Gasteiger partial charge in [0, 0.05) is 12.8 Å². The van der Waals surface area contributed by atoms with Crippen LogP contribution >= 0.6 is 0 Å². The summed E-state index contributed by atoms with van der Waals surface area (Å²) >= 11 is 0. The molecule has 1 N–H and O–H groups in total. The van der Waals surface area contributed by atoms with Crippen LogP contribution < -0.4 is 0 Å². The van der Waals surface area contributed by atoms with Gasteiger partial charge in [0.1, 0.15) is 6.61 Å². The van der Waals surface area contributed by atoms with E-state index >= 15 is 0 Å². The summed E-state index contributed by atoms with van der Waals surface area (Å²) in [4.78, 5) is 24.7. The highest BCUT2D eigenvalue weighted by Gasteiger charge is 2.16. The van der Waals surface area contributed by atoms with Crippen LogP contribution in [0.15, 0.2) is 97.2 Å². The molecule has 0 fully saturated rings. The molecule has 5 nitrogen and oxygen atoms in total. The zero-order chi connectivity index (χ0) is 59.1. The largest absolute Gasteiger partial charge is 0.462 e. The van der Waals surface area contributed by atoms with E-state index in [1.54, 1.807) is 0 Å². The first-order valence-electron chi connectivity index (χ1n) is 35.8. The van der Waals surface area contributed by atoms with E-state index in [4.69, 9.17) is 9.47 Å². The normalized spacial score (nSPS) is 12.8. The Balaban J connectivity index is 3.41. The second-order valence-corrected chi connectivity index (χ2v) is 23.9. The van der Waals surface area contributed by atoms with Gasteiger partial charge in [-0.1, -0.05) is 349 Å². The molecule has 5 heteroatoms. The number of ether oxygens (including phenoxy) is 2. The predicted molar refractivity (Wildman–Crippen MR) is 362 cm³/mol. The van der Waals surface area contributed by atoms with Gasteiger partial charge in [-0.05, 0) is 96.3 Å². The van der Waals surface area contributed by atoms with Crippen molar-refractivity contribution in [3.63, 3.8) is 0 Å². The molecule has 0 aromatic heterocycles. The Labute approximate surface area is 510 Å². The average Bonchev–Trinajstić information content (AvgIpc) is 3.49. The van der Waals surface area contributed by atoms with Crippen LogP contribution in [0.2, 0.25) is 0 Å². The van der Waals surface area contributed by atoms with Gasteiger partial charge >= 0.3 is 11.9 Å². The second-order valence-electron chi connectivity index (χ2n) is 23.9. The number of carbonyl (C=O) groups excluding carboxylic acids is 2. The number of hydrogen-bond donors (Lipinski definition) is 1. The Morgan fingerprint density at radius 2 is 0.524 bits per heavy atom. The molecule has 0 aromatic carbocycles. The Morgan fingerprint density at radius 3 is 0.793 bits per heavy atom. The predicted octanol–water partition coefficient (Wildman–Crippen LogP) is 25.0. The van der Waals surface area contributed by atoms with Gasteiger partial charge in [-0.25, -0.2) is 0 Å². The SMILES string of the molecule is CC/C=C\C/C=C\C/C=C\C/C=C\C/C=C\CCCCCCCCCCCCCC(=O)OC(CO)COC(=O)CCCCCCCCCCCCCCCCCCCCCCCCCCCC/C=C\C/C=C\C/C=C\CCCCCCC. The van der Waals surface area contributed by atoms with E-state index in [9.17, 15) is 14.7 Å². The Hall–Kier alpha value is -3.18. The van der Waals surface area contributed by atoms with E-state index < -0.39 is 6.10 Å². The van der Waals surface area contributed by atoms with Crippen molar-refractivity contribution in [2.75, 3.05) is 13.2 Å². The Morgan fingerprint density at radius 1 is 0.293 bits per heavy atom. The Kier molecular flexibility index (Phi) is 69.3. The molecule has 0 radical (unpaired) electrons. The molecule has 0 aliphatic heterocycles. The van der Waals surface area contributed by atoms with Crippen molar-refractivity contribution in [1.82, 2.24) is 0 Å². The lowest BCUT2D eigenvalue weighted by molar-refractivity contribution is -0.161. The van der Waals surface area contributed by atoms with Crippen molar-refractivity contribution >= 4 is 11.9 Å². The fourth-order valence-corrected chi connectivity index (χ4v) is 10.5. The lowest BCUT2D eigenvalue weighted by atomic mass is 10.0. The van der Waals surface area contributed by atoms with Gasteiger partial charge in [-0.2, -0.15) is 0 Å². The monoisotopic (exact) mass is 1140 g/mol. The highest BCUT2D eigenvalue weighted by atomic mass is 16.6. The minimum Gasteiger partial charge on any atom is -0.462 e. The van der Waals surface area contributed by atoms with Crippen LogP contribution in [0.4, 0.5) is 0 Å². The summed E-state index contributed by atoms with van der Waals surface area (Å²) in [6.45, 7) is 4.05. The van der Waals surface area contributed by atoms with Crippen LogP contribution in [0.1, 0.15) is 361 Å². The average molecular weight is 1140 g/mol. The third kappa shape index (κ3) is 69.3. The van der Waals surface area contributed by atoms with Crippen LogP contribution in [0.3, 0.4) is 0 Å². The van der Waals surface area contributed by atoms with Crippen molar-refractivity contribution in [2.45, 2.75) is 367 Å². The van der Waals surface area contributed by atoms with Crippen LogP contribution in [-0.2, 0) is 19.1 Å². The van der Waals surface area contributed by atoms with Gasteiger partial charge in [0.15, 0.2) is 6.10 Å². The summed E-state index contributed by atoms with van der Waals surface area (Å²) in [6.07, 6.45) is 103. The van der Waals surface area contributed by atoms with E-state index in [1.807, 2.05) is 0 Å². The number of allylic oxidation sites excluding steroid dienone is 16. The minimum absolute atomic E-state index is 0.0668. The fraction of sp³-hybridized carbons (Fsp3) is 0.766. The molecule has 82 heavy (non-hydrogen) atoms. The van der Waals surface area contributed by atoms with Crippen molar-refractivity contribution in [2.24, 2.45) is 0 Å². The molecule has 0 saturated carbocycles. The maximum absolute atomic E-state index is 12.4. The van der Waals surface area contributed by atoms with E-state index in [1.165, 1.54) is 250 Å². The van der Waals surface area contributed by atoms with Gasteiger partial charge < -0.3 is 14.6 Å². The zero-order valence-corrected chi connectivity index (χ0v) is 54.5. The number of unbranched alkanes of at least 4 members (excludes halogenated alkanes) is 42. The molecule has 0 amide bonds. The quantitative estimate of drug-likeness (QED) is 0.0373. The first-order chi connectivity index (χ1) is 40.6. The summed E-state index contributed by atoms with van der Waals surface area (Å²) in [7, 11) is 0. The molecule has 1 atom stereocenters. The molecule has 1 unspecified atom stereocenters. The van der Waals surface area contributed by atoms with Gasteiger partial charge in [0.05, 0.1) is 6.61 Å². The number of esters is 2. The summed E-state index contributed by atoms with van der Waals surface area (Å²) in [5.74, 6) is -0.581. The van der Waals surface area contributed by atoms with Crippen LogP contribution in [0.25, 0.3) is 0 Å². The van der Waals surface area contributed by atoms with E-state index in [0.717, 1.165) is 83.5 Å². The number of aliphatic hydroxyl groups excluding tert-OH is 1. The lowest BCUT2D eigenvalue weighted by Gasteiger charge is -2.15. The van der Waals surface area contributed by atoms with Gasteiger partial charge in [-0.3, -0.25) is 9.59 Å². The lowest BCUT2D eigenvalue weighted by Crippen LogP contribution is -2.28. The maximum atomic E-state index is 12.4. The maximum Gasteiger partial charge on any atom is 0.306 e. The van der Waals surface area contributed by atoms with Gasteiger partial charge in [0.25, 0.3) is 0 Å². The molecule has 474 valence electrons. The first-order valence-corrected chi connectivity index (χ1v) is 35.8. The summed E-state index contributed by atoms with van der Waals surface area (Å²) < 4.78 is 10.8. The van der Waals surface area contributed by atoms with Crippen LogP contribution in [0.5, 0.6) is 0 Å². The highest BCUT2D eigenvalue weighted by Crippen LogP contribution is 2.18. The highest BCUT2D eigenvalue weighted by molar-refractivity contribution is 5.70. The molecular weight excluding hydrogens is 1000 g/mol. The molecule has 0 heterocycles. The smallest absolute Gasteiger partial charge is 0.306 e. The first kappa shape index (κ1) is 78.8. The van der Waals surface area contributed by atoms with Gasteiger partial charge in [0.2, 0.25) is 0 Å². The van der Waals surface area contributed by atoms with Crippen molar-refractivity contribution in [3.8, 4) is 0 Å². The summed E-state index contributed by atoms with van der Waals surface area (Å²) in [5, 5.41) is 9.70. The third-order valence-corrected chi connectivity index (χ3v) is 15.9. The number of carbonyl (C=O) groups is 2. The molecule has 0 aromatic rings. The van der Waals surface area contributed by atoms with E-state index in [-0.39, 0.29) is 25.2 Å². The molecule has 0 bridgehead atoms. The van der Waals surface area contributed by atoms with Gasteiger partial charge in [-0.15, -0.1) is 0 Å². The van der Waals surface area contributed by atoms with Crippen molar-refractivity contribution < 1.29 is 24.2 Å². The molecular formula is C77H136O5. The number of aliphatic hydroxyl groups is 1. The molecule has 0 spiro atoms. The van der Waals surface area contributed by atoms with E-state index in [0.29, 0.717) is 12.8 Å². The third-order valence-electron chi connectivity index (χ3n) is 15.9. The summed E-state index contributed by atoms with van der Waals surface area (Å²) in [5.41, 5.74) is 0. The zero-order valence-electron chi connectivity index (χ0n) is 54.5. The van der Waals surface area contributed by atoms with Crippen molar-refractivity contribution in [1.29, 1.82) is 0 Å². The Bertz CT molecular complexity index is 1530. The molecule has 0 saturated heterocycles. The van der Waals surface area contributed by atoms with E-state index in [2.05, 4.69) is 111 Å². The van der Waals surface area contributed by atoms with Crippen molar-refractivity contribution in [3.05, 3.63) is 97.2 Å². The van der Waals surface area contributed by atoms with Crippen LogP contribution in [-0.4, -0.2) is 36.4 Å². The molecule has 0 aliphatic rings. The molecule has 0 rings (SSSR count).